The highest BCUT2D eigenvalue weighted by atomic mass is 19.4. The van der Waals surface area contributed by atoms with E-state index in [4.69, 9.17) is 4.74 Å². The van der Waals surface area contributed by atoms with Crippen LogP contribution in [0, 0.1) is 0 Å². The number of alkyl halides is 3. The van der Waals surface area contributed by atoms with Crippen LogP contribution in [0.15, 0.2) is 60.9 Å². The molecular formula is C22H18F3N3O2. The Kier molecular flexibility index (Phi) is 5.15. The van der Waals surface area contributed by atoms with Gasteiger partial charge in [0.1, 0.15) is 18.2 Å². The second kappa shape index (κ2) is 7.78. The van der Waals surface area contributed by atoms with E-state index in [-0.39, 0.29) is 11.9 Å². The van der Waals surface area contributed by atoms with Crippen molar-refractivity contribution < 1.29 is 22.7 Å². The molecule has 0 saturated heterocycles. The number of amides is 1. The molecule has 8 heteroatoms. The first-order valence-corrected chi connectivity index (χ1v) is 9.37. The lowest BCUT2D eigenvalue weighted by Gasteiger charge is -2.26. The van der Waals surface area contributed by atoms with Crippen LogP contribution in [0.4, 0.5) is 13.2 Å². The number of carbonyl (C=O) groups excluding carboxylic acids is 1. The van der Waals surface area contributed by atoms with Crippen LogP contribution in [-0.2, 0) is 6.18 Å². The van der Waals surface area contributed by atoms with Crippen LogP contribution in [-0.4, -0.2) is 33.9 Å². The van der Waals surface area contributed by atoms with E-state index >= 15 is 0 Å². The summed E-state index contributed by atoms with van der Waals surface area (Å²) in [6.45, 7) is 2.52. The van der Waals surface area contributed by atoms with E-state index in [1.807, 2.05) is 6.92 Å². The van der Waals surface area contributed by atoms with Crippen molar-refractivity contribution in [3.8, 4) is 16.9 Å². The van der Waals surface area contributed by atoms with Crippen LogP contribution in [0.25, 0.3) is 11.1 Å². The Morgan fingerprint density at radius 2 is 1.70 bits per heavy atom. The third-order valence-electron chi connectivity index (χ3n) is 5.03. The predicted octanol–water partition coefficient (Wildman–Crippen LogP) is 4.76. The molecule has 3 aromatic rings. The minimum Gasteiger partial charge on any atom is -0.491 e. The smallest absolute Gasteiger partial charge is 0.416 e. The maximum Gasteiger partial charge on any atom is 0.416 e. The first-order chi connectivity index (χ1) is 14.3. The number of hydrogen-bond acceptors (Lipinski definition) is 4. The minimum atomic E-state index is -4.40. The SMILES string of the molecule is C[C@@H](c1ncccn1)N1CCOc2ccc(-c3ccc(C(F)(F)F)cc3)cc2C1=O. The molecule has 0 fully saturated rings. The zero-order valence-electron chi connectivity index (χ0n) is 16.1. The maximum atomic E-state index is 13.3. The second-order valence-electron chi connectivity index (χ2n) is 6.92. The van der Waals surface area contributed by atoms with Crippen LogP contribution in [0.3, 0.4) is 0 Å². The molecule has 2 heterocycles. The van der Waals surface area contributed by atoms with E-state index in [2.05, 4.69) is 9.97 Å². The Labute approximate surface area is 171 Å². The van der Waals surface area contributed by atoms with Gasteiger partial charge >= 0.3 is 6.18 Å². The first-order valence-electron chi connectivity index (χ1n) is 9.37. The fourth-order valence-corrected chi connectivity index (χ4v) is 3.40. The monoisotopic (exact) mass is 413 g/mol. The van der Waals surface area contributed by atoms with E-state index in [0.717, 1.165) is 12.1 Å². The van der Waals surface area contributed by atoms with Gasteiger partial charge in [0.05, 0.1) is 23.7 Å². The average Bonchev–Trinajstić information content (AvgIpc) is 2.92. The van der Waals surface area contributed by atoms with Crippen molar-refractivity contribution in [3.05, 3.63) is 77.9 Å². The molecule has 2 aromatic carbocycles. The van der Waals surface area contributed by atoms with Gasteiger partial charge < -0.3 is 9.64 Å². The molecule has 1 aliphatic heterocycles. The molecule has 5 nitrogen and oxygen atoms in total. The summed E-state index contributed by atoms with van der Waals surface area (Å²) in [6, 6.07) is 11.2. The topological polar surface area (TPSA) is 55.3 Å². The summed E-state index contributed by atoms with van der Waals surface area (Å²) < 4.78 is 44.2. The number of benzene rings is 2. The van der Waals surface area contributed by atoms with E-state index < -0.39 is 11.7 Å². The molecule has 4 rings (SSSR count). The standard InChI is InChI=1S/C22H18F3N3O2/c1-14(20-26-9-2-10-27-20)28-11-12-30-19-8-5-16(13-18(19)21(28)29)15-3-6-17(7-4-15)22(23,24)25/h2-10,13-14H,11-12H2,1H3/t14-/m0/s1. The number of carbonyl (C=O) groups is 1. The van der Waals surface area contributed by atoms with E-state index in [9.17, 15) is 18.0 Å². The zero-order valence-corrected chi connectivity index (χ0v) is 16.1. The molecule has 0 radical (unpaired) electrons. The summed E-state index contributed by atoms with van der Waals surface area (Å²) in [4.78, 5) is 23.4. The van der Waals surface area contributed by atoms with E-state index in [1.54, 1.807) is 41.6 Å². The Morgan fingerprint density at radius 1 is 1.03 bits per heavy atom. The number of halogens is 3. The third-order valence-corrected chi connectivity index (χ3v) is 5.03. The number of hydrogen-bond donors (Lipinski definition) is 0. The molecule has 0 N–H and O–H groups in total. The van der Waals surface area contributed by atoms with Crippen molar-refractivity contribution in [1.29, 1.82) is 0 Å². The molecule has 0 saturated carbocycles. The van der Waals surface area contributed by atoms with Crippen molar-refractivity contribution in [2.75, 3.05) is 13.2 Å². The number of aromatic nitrogens is 2. The van der Waals surface area contributed by atoms with Gasteiger partial charge in [0.2, 0.25) is 0 Å². The number of ether oxygens (including phenoxy) is 1. The molecule has 0 aliphatic carbocycles. The number of rotatable bonds is 3. The molecule has 0 unspecified atom stereocenters. The van der Waals surface area contributed by atoms with Crippen LogP contribution in [0.1, 0.15) is 34.7 Å². The Bertz CT molecular complexity index is 1050. The highest BCUT2D eigenvalue weighted by Gasteiger charge is 2.31. The van der Waals surface area contributed by atoms with Gasteiger partial charge in [0.25, 0.3) is 5.91 Å². The molecule has 1 aliphatic rings. The van der Waals surface area contributed by atoms with Crippen molar-refractivity contribution in [3.63, 3.8) is 0 Å². The molecule has 1 amide bonds. The van der Waals surface area contributed by atoms with Crippen LogP contribution >= 0.6 is 0 Å². The lowest BCUT2D eigenvalue weighted by Crippen LogP contribution is -2.35. The van der Waals surface area contributed by atoms with Gasteiger partial charge in [-0.05, 0) is 48.4 Å². The highest BCUT2D eigenvalue weighted by molar-refractivity contribution is 5.98. The second-order valence-corrected chi connectivity index (χ2v) is 6.92. The van der Waals surface area contributed by atoms with Gasteiger partial charge in [-0.15, -0.1) is 0 Å². The lowest BCUT2D eigenvalue weighted by atomic mass is 10.00. The molecule has 0 bridgehead atoms. The van der Waals surface area contributed by atoms with Crippen LogP contribution < -0.4 is 4.74 Å². The van der Waals surface area contributed by atoms with Gasteiger partial charge in [-0.2, -0.15) is 13.2 Å². The third kappa shape index (κ3) is 3.85. The largest absolute Gasteiger partial charge is 0.491 e. The summed E-state index contributed by atoms with van der Waals surface area (Å²) in [5.41, 5.74) is 0.842. The van der Waals surface area contributed by atoms with Crippen LogP contribution in [0.2, 0.25) is 0 Å². The predicted molar refractivity (Wildman–Crippen MR) is 104 cm³/mol. The van der Waals surface area contributed by atoms with Crippen LogP contribution in [0.5, 0.6) is 5.75 Å². The average molecular weight is 413 g/mol. The van der Waals surface area contributed by atoms with Crippen molar-refractivity contribution >= 4 is 5.91 Å². The van der Waals surface area contributed by atoms with Gasteiger partial charge in [0.15, 0.2) is 0 Å². The van der Waals surface area contributed by atoms with Gasteiger partial charge in [-0.25, -0.2) is 9.97 Å². The van der Waals surface area contributed by atoms with Gasteiger partial charge in [-0.1, -0.05) is 18.2 Å². The fraction of sp³-hybridized carbons (Fsp3) is 0.227. The molecule has 30 heavy (non-hydrogen) atoms. The highest BCUT2D eigenvalue weighted by Crippen LogP contribution is 2.34. The Morgan fingerprint density at radius 3 is 2.37 bits per heavy atom. The lowest BCUT2D eigenvalue weighted by molar-refractivity contribution is -0.137. The summed E-state index contributed by atoms with van der Waals surface area (Å²) in [5.74, 6) is 0.726. The molecular weight excluding hydrogens is 395 g/mol. The minimum absolute atomic E-state index is 0.240. The number of fused-ring (bicyclic) bond motifs is 1. The summed E-state index contributed by atoms with van der Waals surface area (Å²) in [5, 5.41) is 0. The normalized spacial score (nSPS) is 15.2. The molecule has 1 aromatic heterocycles. The Balaban J connectivity index is 1.67. The van der Waals surface area contributed by atoms with Gasteiger partial charge in [0, 0.05) is 12.4 Å². The molecule has 154 valence electrons. The fourth-order valence-electron chi connectivity index (χ4n) is 3.40. The van der Waals surface area contributed by atoms with Crippen molar-refractivity contribution in [2.24, 2.45) is 0 Å². The maximum absolute atomic E-state index is 13.3. The summed E-state index contributed by atoms with van der Waals surface area (Å²) in [7, 11) is 0. The summed E-state index contributed by atoms with van der Waals surface area (Å²) in [6.07, 6.45) is -1.16. The zero-order chi connectivity index (χ0) is 21.3. The molecule has 1 atom stereocenters. The molecule has 0 spiro atoms. The van der Waals surface area contributed by atoms with Crippen molar-refractivity contribution in [2.45, 2.75) is 19.1 Å². The van der Waals surface area contributed by atoms with E-state index in [0.29, 0.717) is 41.4 Å². The summed E-state index contributed by atoms with van der Waals surface area (Å²) >= 11 is 0. The van der Waals surface area contributed by atoms with E-state index in [1.165, 1.54) is 12.1 Å². The number of nitrogens with zero attached hydrogens (tertiary/aromatic N) is 3. The quantitative estimate of drug-likeness (QED) is 0.621. The first kappa shape index (κ1) is 19.9. The Hall–Kier alpha value is -3.42. The van der Waals surface area contributed by atoms with Crippen molar-refractivity contribution in [1.82, 2.24) is 14.9 Å². The van der Waals surface area contributed by atoms with Gasteiger partial charge in [-0.3, -0.25) is 4.79 Å².